The predicted molar refractivity (Wildman–Crippen MR) is 75.1 cm³/mol. The Balaban J connectivity index is 2.69. The molecule has 1 nitrogen and oxygen atoms in total. The molecule has 0 fully saturated rings. The number of ketones is 1. The molecule has 2 aromatic rings. The Morgan fingerprint density at radius 1 is 0.857 bits per heavy atom. The third kappa shape index (κ3) is 2.46. The number of carbonyl (C=O) groups excluding carboxylic acids is 1. The van der Waals surface area contributed by atoms with E-state index in [1.807, 2.05) is 19.9 Å². The Bertz CT molecular complexity index is 722. The fourth-order valence-electron chi connectivity index (χ4n) is 2.39. The Kier molecular flexibility index (Phi) is 3.90. The SMILES string of the molecule is Cc1cc(C)c(C)c(C(=O)c2ccc(F)c(F)c2F)c1C. The third-order valence-corrected chi connectivity index (χ3v) is 3.87. The van der Waals surface area contributed by atoms with Crippen LogP contribution < -0.4 is 0 Å². The highest BCUT2D eigenvalue weighted by molar-refractivity contribution is 6.11. The molecular weight excluding hydrogens is 277 g/mol. The van der Waals surface area contributed by atoms with Crippen molar-refractivity contribution in [1.82, 2.24) is 0 Å². The van der Waals surface area contributed by atoms with E-state index in [1.54, 1.807) is 13.8 Å². The molecule has 21 heavy (non-hydrogen) atoms. The van der Waals surface area contributed by atoms with Crippen molar-refractivity contribution in [3.05, 3.63) is 69.0 Å². The van der Waals surface area contributed by atoms with Gasteiger partial charge >= 0.3 is 0 Å². The number of hydrogen-bond acceptors (Lipinski definition) is 1. The van der Waals surface area contributed by atoms with Crippen LogP contribution >= 0.6 is 0 Å². The molecule has 0 aliphatic carbocycles. The summed E-state index contributed by atoms with van der Waals surface area (Å²) in [5.74, 6) is -5.01. The van der Waals surface area contributed by atoms with Crippen LogP contribution in [-0.4, -0.2) is 5.78 Å². The van der Waals surface area contributed by atoms with Gasteiger partial charge in [-0.15, -0.1) is 0 Å². The summed E-state index contributed by atoms with van der Waals surface area (Å²) in [4.78, 5) is 12.5. The minimum absolute atomic E-state index is 0.345. The molecule has 110 valence electrons. The van der Waals surface area contributed by atoms with Crippen LogP contribution in [0.15, 0.2) is 18.2 Å². The monoisotopic (exact) mass is 292 g/mol. The zero-order chi connectivity index (χ0) is 15.9. The molecule has 4 heteroatoms. The maximum absolute atomic E-state index is 13.8. The van der Waals surface area contributed by atoms with Crippen molar-refractivity contribution in [2.45, 2.75) is 27.7 Å². The lowest BCUT2D eigenvalue weighted by Gasteiger charge is -2.15. The molecule has 0 spiro atoms. The van der Waals surface area contributed by atoms with Crippen LogP contribution in [0.4, 0.5) is 13.2 Å². The fraction of sp³-hybridized carbons (Fsp3) is 0.235. The average Bonchev–Trinajstić information content (AvgIpc) is 2.43. The van der Waals surface area contributed by atoms with Gasteiger partial charge in [-0.25, -0.2) is 13.2 Å². The van der Waals surface area contributed by atoms with Crippen LogP contribution in [0.2, 0.25) is 0 Å². The Morgan fingerprint density at radius 2 is 1.38 bits per heavy atom. The van der Waals surface area contributed by atoms with Crippen molar-refractivity contribution in [2.24, 2.45) is 0 Å². The van der Waals surface area contributed by atoms with Gasteiger partial charge in [-0.2, -0.15) is 0 Å². The van der Waals surface area contributed by atoms with Gasteiger partial charge in [0, 0.05) is 5.56 Å². The first-order valence-corrected chi connectivity index (χ1v) is 6.51. The fourth-order valence-corrected chi connectivity index (χ4v) is 2.39. The summed E-state index contributed by atoms with van der Waals surface area (Å²) >= 11 is 0. The van der Waals surface area contributed by atoms with Crippen molar-refractivity contribution in [3.63, 3.8) is 0 Å². The standard InChI is InChI=1S/C17H15F3O/c1-8-7-9(2)11(4)14(10(8)3)17(21)12-5-6-13(18)16(20)15(12)19/h5-7H,1-4H3. The molecule has 2 rings (SSSR count). The molecule has 0 amide bonds. The topological polar surface area (TPSA) is 17.1 Å². The van der Waals surface area contributed by atoms with Gasteiger partial charge in [-0.1, -0.05) is 6.07 Å². The summed E-state index contributed by atoms with van der Waals surface area (Å²) in [5.41, 5.74) is 3.11. The highest BCUT2D eigenvalue weighted by Gasteiger charge is 2.23. The number of carbonyl (C=O) groups is 1. The van der Waals surface area contributed by atoms with E-state index in [1.165, 1.54) is 0 Å². The molecule has 0 N–H and O–H groups in total. The van der Waals surface area contributed by atoms with Crippen LogP contribution in [0.25, 0.3) is 0 Å². The van der Waals surface area contributed by atoms with Gasteiger partial charge in [0.05, 0.1) is 5.56 Å². The van der Waals surface area contributed by atoms with Gasteiger partial charge in [0.15, 0.2) is 23.2 Å². The largest absolute Gasteiger partial charge is 0.288 e. The van der Waals surface area contributed by atoms with Crippen LogP contribution in [0, 0.1) is 45.1 Å². The van der Waals surface area contributed by atoms with E-state index in [2.05, 4.69) is 0 Å². The number of aryl methyl sites for hydroxylation is 2. The molecule has 0 saturated carbocycles. The van der Waals surface area contributed by atoms with Gasteiger partial charge in [0.1, 0.15) is 0 Å². The minimum Gasteiger partial charge on any atom is -0.288 e. The zero-order valence-electron chi connectivity index (χ0n) is 12.3. The molecule has 0 aliphatic heterocycles. The van der Waals surface area contributed by atoms with Crippen LogP contribution in [0.3, 0.4) is 0 Å². The Hall–Kier alpha value is -2.10. The van der Waals surface area contributed by atoms with E-state index in [0.717, 1.165) is 23.3 Å². The second-order valence-electron chi connectivity index (χ2n) is 5.19. The van der Waals surface area contributed by atoms with Crippen LogP contribution in [0.1, 0.15) is 38.2 Å². The first-order chi connectivity index (χ1) is 9.75. The molecular formula is C17H15F3O. The van der Waals surface area contributed by atoms with E-state index in [4.69, 9.17) is 0 Å². The van der Waals surface area contributed by atoms with Gasteiger partial charge in [0.25, 0.3) is 0 Å². The maximum atomic E-state index is 13.8. The van der Waals surface area contributed by atoms with Gasteiger partial charge in [-0.05, 0) is 62.1 Å². The normalized spacial score (nSPS) is 10.8. The van der Waals surface area contributed by atoms with Crippen LogP contribution in [-0.2, 0) is 0 Å². The second kappa shape index (κ2) is 5.35. The number of rotatable bonds is 2. The predicted octanol–water partition coefficient (Wildman–Crippen LogP) is 4.57. The lowest BCUT2D eigenvalue weighted by atomic mass is 9.89. The van der Waals surface area contributed by atoms with Crippen molar-refractivity contribution >= 4 is 5.78 Å². The van der Waals surface area contributed by atoms with E-state index in [0.29, 0.717) is 16.7 Å². The van der Waals surface area contributed by atoms with Gasteiger partial charge < -0.3 is 0 Å². The lowest BCUT2D eigenvalue weighted by molar-refractivity contribution is 0.103. The first kappa shape index (κ1) is 15.3. The molecule has 0 saturated heterocycles. The summed E-state index contributed by atoms with van der Waals surface area (Å²) in [6.07, 6.45) is 0. The smallest absolute Gasteiger partial charge is 0.196 e. The quantitative estimate of drug-likeness (QED) is 0.585. The highest BCUT2D eigenvalue weighted by Crippen LogP contribution is 2.26. The van der Waals surface area contributed by atoms with E-state index in [9.17, 15) is 18.0 Å². The Labute approximate surface area is 121 Å². The lowest BCUT2D eigenvalue weighted by Crippen LogP contribution is -2.12. The summed E-state index contributed by atoms with van der Waals surface area (Å²) in [6, 6.07) is 3.68. The molecule has 0 unspecified atom stereocenters. The molecule has 0 aromatic heterocycles. The highest BCUT2D eigenvalue weighted by atomic mass is 19.2. The van der Waals surface area contributed by atoms with Crippen molar-refractivity contribution in [1.29, 1.82) is 0 Å². The second-order valence-corrected chi connectivity index (χ2v) is 5.19. The van der Waals surface area contributed by atoms with E-state index in [-0.39, 0.29) is 0 Å². The molecule has 0 atom stereocenters. The molecule has 0 bridgehead atoms. The molecule has 0 heterocycles. The first-order valence-electron chi connectivity index (χ1n) is 6.51. The van der Waals surface area contributed by atoms with Crippen LogP contribution in [0.5, 0.6) is 0 Å². The number of hydrogen-bond donors (Lipinski definition) is 0. The summed E-state index contributed by atoms with van der Waals surface area (Å²) in [7, 11) is 0. The van der Waals surface area contributed by atoms with Gasteiger partial charge in [0.2, 0.25) is 0 Å². The van der Waals surface area contributed by atoms with Crippen molar-refractivity contribution in [3.8, 4) is 0 Å². The van der Waals surface area contributed by atoms with Crippen molar-refractivity contribution < 1.29 is 18.0 Å². The maximum Gasteiger partial charge on any atom is 0.196 e. The number of benzene rings is 2. The minimum atomic E-state index is -1.62. The molecule has 0 radical (unpaired) electrons. The third-order valence-electron chi connectivity index (χ3n) is 3.87. The molecule has 0 aliphatic rings. The zero-order valence-corrected chi connectivity index (χ0v) is 12.3. The van der Waals surface area contributed by atoms with Gasteiger partial charge in [-0.3, -0.25) is 4.79 Å². The molecule has 2 aromatic carbocycles. The van der Waals surface area contributed by atoms with E-state index >= 15 is 0 Å². The summed E-state index contributed by atoms with van der Waals surface area (Å²) < 4.78 is 40.1. The number of halogens is 3. The van der Waals surface area contributed by atoms with Crippen molar-refractivity contribution in [2.75, 3.05) is 0 Å². The summed E-state index contributed by atoms with van der Waals surface area (Å²) in [6.45, 7) is 7.21. The summed E-state index contributed by atoms with van der Waals surface area (Å²) in [5, 5.41) is 0. The van der Waals surface area contributed by atoms with E-state index < -0.39 is 28.8 Å². The Morgan fingerprint density at radius 3 is 1.90 bits per heavy atom. The average molecular weight is 292 g/mol.